The normalized spacial score (nSPS) is 36.0. The Morgan fingerprint density at radius 3 is 2.64 bits per heavy atom. The van der Waals surface area contributed by atoms with Gasteiger partial charge >= 0.3 is 6.03 Å². The molecule has 2 rings (SSSR count). The van der Waals surface area contributed by atoms with E-state index >= 15 is 0 Å². The maximum absolute atomic E-state index is 11.2. The van der Waals surface area contributed by atoms with E-state index in [1.54, 1.807) is 0 Å². The molecule has 2 heterocycles. The molecule has 2 saturated heterocycles. The minimum atomic E-state index is -0.642. The molecule has 0 bridgehead atoms. The van der Waals surface area contributed by atoms with Crippen LogP contribution in [0.2, 0.25) is 0 Å². The number of carbonyl (C=O) groups is 2. The lowest BCUT2D eigenvalue weighted by Gasteiger charge is -2.16. The van der Waals surface area contributed by atoms with Gasteiger partial charge in [0.05, 0.1) is 0 Å². The van der Waals surface area contributed by atoms with Crippen LogP contribution >= 0.6 is 0 Å². The van der Waals surface area contributed by atoms with Crippen molar-refractivity contribution >= 4 is 11.9 Å². The minimum absolute atomic E-state index is 0.201. The van der Waals surface area contributed by atoms with Gasteiger partial charge in [-0.15, -0.1) is 0 Å². The molecule has 0 saturated carbocycles. The van der Waals surface area contributed by atoms with E-state index in [0.29, 0.717) is 13.0 Å². The molecule has 2 aliphatic heterocycles. The van der Waals surface area contributed by atoms with Crippen molar-refractivity contribution in [3.63, 3.8) is 0 Å². The lowest BCUT2D eigenvalue weighted by Crippen LogP contribution is -2.48. The van der Waals surface area contributed by atoms with Crippen LogP contribution in [0.15, 0.2) is 0 Å². The fourth-order valence-electron chi connectivity index (χ4n) is 1.52. The average molecular weight is 155 g/mol. The van der Waals surface area contributed by atoms with Gasteiger partial charge in [0, 0.05) is 6.54 Å². The number of urea groups is 1. The SMILES string of the molecule is O=C1NC(=O)[C@@]2(CCNC2)N1. The van der Waals surface area contributed by atoms with Crippen molar-refractivity contribution in [3.05, 3.63) is 0 Å². The molecule has 5 nitrogen and oxygen atoms in total. The number of rotatable bonds is 0. The Morgan fingerprint density at radius 1 is 1.36 bits per heavy atom. The zero-order valence-corrected chi connectivity index (χ0v) is 5.94. The highest BCUT2D eigenvalue weighted by molar-refractivity contribution is 6.07. The Bertz CT molecular complexity index is 220. The lowest BCUT2D eigenvalue weighted by atomic mass is 10.00. The number of hydrogen-bond donors (Lipinski definition) is 3. The van der Waals surface area contributed by atoms with Gasteiger partial charge in [-0.3, -0.25) is 10.1 Å². The fourth-order valence-corrected chi connectivity index (χ4v) is 1.52. The van der Waals surface area contributed by atoms with Crippen molar-refractivity contribution in [2.75, 3.05) is 13.1 Å². The minimum Gasteiger partial charge on any atom is -0.322 e. The standard InChI is InChI=1S/C6H9N3O2/c10-4-6(1-2-7-3-6)9-5(11)8-4/h7H,1-3H2,(H2,8,9,10,11)/t6-/m0/s1. The number of amides is 3. The van der Waals surface area contributed by atoms with E-state index in [-0.39, 0.29) is 11.9 Å². The van der Waals surface area contributed by atoms with E-state index in [1.165, 1.54) is 0 Å². The highest BCUT2D eigenvalue weighted by atomic mass is 16.2. The first-order chi connectivity index (χ1) is 5.23. The van der Waals surface area contributed by atoms with Crippen LogP contribution in [0.5, 0.6) is 0 Å². The van der Waals surface area contributed by atoms with E-state index in [9.17, 15) is 9.59 Å². The van der Waals surface area contributed by atoms with Crippen molar-refractivity contribution in [1.29, 1.82) is 0 Å². The number of imide groups is 1. The van der Waals surface area contributed by atoms with Crippen LogP contribution < -0.4 is 16.0 Å². The van der Waals surface area contributed by atoms with Gasteiger partial charge in [-0.25, -0.2) is 4.79 Å². The third-order valence-corrected chi connectivity index (χ3v) is 2.17. The summed E-state index contributed by atoms with van der Waals surface area (Å²) in [5.41, 5.74) is -0.642. The van der Waals surface area contributed by atoms with Crippen LogP contribution in [0.4, 0.5) is 4.79 Å². The summed E-state index contributed by atoms with van der Waals surface area (Å²) < 4.78 is 0. The molecule has 2 fully saturated rings. The summed E-state index contributed by atoms with van der Waals surface area (Å²) in [5.74, 6) is -0.201. The van der Waals surface area contributed by atoms with E-state index < -0.39 is 5.54 Å². The van der Waals surface area contributed by atoms with Gasteiger partial charge < -0.3 is 10.6 Å². The van der Waals surface area contributed by atoms with Crippen molar-refractivity contribution in [1.82, 2.24) is 16.0 Å². The Hall–Kier alpha value is -1.10. The molecule has 0 aromatic heterocycles. The second kappa shape index (κ2) is 1.94. The monoisotopic (exact) mass is 155 g/mol. The molecule has 0 radical (unpaired) electrons. The van der Waals surface area contributed by atoms with Crippen LogP contribution in [0, 0.1) is 0 Å². The molecular weight excluding hydrogens is 146 g/mol. The molecule has 0 aromatic carbocycles. The van der Waals surface area contributed by atoms with Gasteiger partial charge in [0.1, 0.15) is 5.54 Å². The maximum Gasteiger partial charge on any atom is 0.322 e. The molecule has 1 spiro atoms. The van der Waals surface area contributed by atoms with Gasteiger partial charge in [0.25, 0.3) is 5.91 Å². The van der Waals surface area contributed by atoms with Crippen LogP contribution in [0.1, 0.15) is 6.42 Å². The molecular formula is C6H9N3O2. The number of carbonyl (C=O) groups excluding carboxylic acids is 2. The highest BCUT2D eigenvalue weighted by Gasteiger charge is 2.47. The third-order valence-electron chi connectivity index (χ3n) is 2.17. The summed E-state index contributed by atoms with van der Waals surface area (Å²) in [4.78, 5) is 21.9. The van der Waals surface area contributed by atoms with Crippen molar-refractivity contribution in [3.8, 4) is 0 Å². The van der Waals surface area contributed by atoms with E-state index in [4.69, 9.17) is 0 Å². The first-order valence-electron chi connectivity index (χ1n) is 3.57. The molecule has 60 valence electrons. The number of hydrogen-bond acceptors (Lipinski definition) is 3. The highest BCUT2D eigenvalue weighted by Crippen LogP contribution is 2.17. The Balaban J connectivity index is 2.24. The van der Waals surface area contributed by atoms with Crippen LogP contribution in [-0.4, -0.2) is 30.6 Å². The molecule has 11 heavy (non-hydrogen) atoms. The third kappa shape index (κ3) is 0.808. The Kier molecular flexibility index (Phi) is 1.17. The molecule has 0 aromatic rings. The van der Waals surface area contributed by atoms with E-state index in [1.807, 2.05) is 0 Å². The second-order valence-electron chi connectivity index (χ2n) is 2.92. The van der Waals surface area contributed by atoms with Gasteiger partial charge in [0.2, 0.25) is 0 Å². The Labute approximate surface area is 63.5 Å². The van der Waals surface area contributed by atoms with Crippen molar-refractivity contribution < 1.29 is 9.59 Å². The van der Waals surface area contributed by atoms with Crippen LogP contribution in [-0.2, 0) is 4.79 Å². The second-order valence-corrected chi connectivity index (χ2v) is 2.92. The zero-order valence-electron chi connectivity index (χ0n) is 5.94. The van der Waals surface area contributed by atoms with Gasteiger partial charge in [0.15, 0.2) is 0 Å². The lowest BCUT2D eigenvalue weighted by molar-refractivity contribution is -0.123. The first-order valence-corrected chi connectivity index (χ1v) is 3.57. The van der Waals surface area contributed by atoms with E-state index in [0.717, 1.165) is 6.54 Å². The summed E-state index contributed by atoms with van der Waals surface area (Å²) in [5, 5.41) is 7.87. The molecule has 2 aliphatic rings. The predicted octanol–water partition coefficient (Wildman–Crippen LogP) is -1.44. The average Bonchev–Trinajstić information content (AvgIpc) is 2.45. The largest absolute Gasteiger partial charge is 0.322 e. The maximum atomic E-state index is 11.2. The van der Waals surface area contributed by atoms with Crippen molar-refractivity contribution in [2.24, 2.45) is 0 Å². The van der Waals surface area contributed by atoms with Gasteiger partial charge in [-0.2, -0.15) is 0 Å². The fraction of sp³-hybridized carbons (Fsp3) is 0.667. The summed E-state index contributed by atoms with van der Waals surface area (Å²) in [7, 11) is 0. The predicted molar refractivity (Wildman–Crippen MR) is 36.9 cm³/mol. The van der Waals surface area contributed by atoms with Crippen molar-refractivity contribution in [2.45, 2.75) is 12.0 Å². The first kappa shape index (κ1) is 6.60. The quantitative estimate of drug-likeness (QED) is 0.375. The summed E-state index contributed by atoms with van der Waals surface area (Å²) in [6.07, 6.45) is 0.685. The zero-order chi connectivity index (χ0) is 7.90. The molecule has 0 unspecified atom stereocenters. The van der Waals surface area contributed by atoms with Crippen LogP contribution in [0.3, 0.4) is 0 Å². The molecule has 0 aliphatic carbocycles. The van der Waals surface area contributed by atoms with E-state index in [2.05, 4.69) is 16.0 Å². The summed E-state index contributed by atoms with van der Waals surface area (Å²) >= 11 is 0. The summed E-state index contributed by atoms with van der Waals surface area (Å²) in [6, 6.07) is -0.376. The molecule has 1 atom stereocenters. The smallest absolute Gasteiger partial charge is 0.322 e. The topological polar surface area (TPSA) is 70.2 Å². The molecule has 3 N–H and O–H groups in total. The molecule has 3 amide bonds. The van der Waals surface area contributed by atoms with Gasteiger partial charge in [-0.05, 0) is 13.0 Å². The Morgan fingerprint density at radius 2 is 2.18 bits per heavy atom. The summed E-state index contributed by atoms with van der Waals surface area (Å²) in [6.45, 7) is 1.33. The molecule has 5 heteroatoms. The number of nitrogens with one attached hydrogen (secondary N) is 3. The van der Waals surface area contributed by atoms with Crippen LogP contribution in [0.25, 0.3) is 0 Å². The van der Waals surface area contributed by atoms with Gasteiger partial charge in [-0.1, -0.05) is 0 Å².